The first kappa shape index (κ1) is 25.0. The predicted octanol–water partition coefficient (Wildman–Crippen LogP) is 3.26. The van der Waals surface area contributed by atoms with Crippen molar-refractivity contribution < 1.29 is 9.47 Å². The maximum Gasteiger partial charge on any atom is 0.191 e. The van der Waals surface area contributed by atoms with Gasteiger partial charge < -0.3 is 20.1 Å². The number of halogens is 1. The maximum absolute atomic E-state index is 6.07. The van der Waals surface area contributed by atoms with Crippen LogP contribution in [0, 0.1) is 0 Å². The number of likely N-dealkylation sites (tertiary alicyclic amines) is 1. The summed E-state index contributed by atoms with van der Waals surface area (Å²) in [6.07, 6.45) is 2.47. The zero-order chi connectivity index (χ0) is 19.7. The fourth-order valence-corrected chi connectivity index (χ4v) is 3.32. The molecule has 0 aromatic heterocycles. The van der Waals surface area contributed by atoms with Crippen molar-refractivity contribution in [2.75, 3.05) is 40.4 Å². The first-order valence-corrected chi connectivity index (χ1v) is 9.87. The van der Waals surface area contributed by atoms with Crippen LogP contribution in [0.4, 0.5) is 0 Å². The monoisotopic (exact) mass is 504 g/mol. The summed E-state index contributed by atoms with van der Waals surface area (Å²) in [6, 6.07) is 8.69. The number of benzene rings is 1. The fourth-order valence-electron chi connectivity index (χ4n) is 3.32. The molecule has 1 saturated heterocycles. The Bertz CT molecular complexity index is 604. The van der Waals surface area contributed by atoms with Gasteiger partial charge in [0.05, 0.1) is 6.61 Å². The van der Waals surface area contributed by atoms with Crippen molar-refractivity contribution in [1.29, 1.82) is 0 Å². The lowest BCUT2D eigenvalue weighted by atomic mass is 10.1. The highest BCUT2D eigenvalue weighted by Gasteiger charge is 2.24. The number of nitrogens with one attached hydrogen (secondary N) is 2. The molecule has 1 aliphatic rings. The molecule has 1 atom stereocenters. The summed E-state index contributed by atoms with van der Waals surface area (Å²) in [4.78, 5) is 6.86. The normalized spacial score (nSPS) is 17.9. The molecule has 28 heavy (non-hydrogen) atoms. The molecule has 1 aliphatic heterocycles. The van der Waals surface area contributed by atoms with E-state index >= 15 is 0 Å². The summed E-state index contributed by atoms with van der Waals surface area (Å²) in [6.45, 7) is 10.7. The Kier molecular flexibility index (Phi) is 11.1. The molecule has 2 rings (SSSR count). The SMILES string of the molecule is CN=C(NCc1ccccc1OC(C)(C)C)NCC1CCCN1CCOC.I. The van der Waals surface area contributed by atoms with Crippen LogP contribution in [0.2, 0.25) is 0 Å². The van der Waals surface area contributed by atoms with E-state index in [9.17, 15) is 0 Å². The van der Waals surface area contributed by atoms with Gasteiger partial charge in [-0.05, 0) is 46.2 Å². The van der Waals surface area contributed by atoms with Crippen molar-refractivity contribution in [3.8, 4) is 5.75 Å². The van der Waals surface area contributed by atoms with Crippen LogP contribution < -0.4 is 15.4 Å². The molecule has 7 heteroatoms. The van der Waals surface area contributed by atoms with Crippen molar-refractivity contribution in [2.45, 2.75) is 51.8 Å². The second kappa shape index (κ2) is 12.5. The van der Waals surface area contributed by atoms with Gasteiger partial charge in [0.25, 0.3) is 0 Å². The number of hydrogen-bond acceptors (Lipinski definition) is 4. The first-order valence-electron chi connectivity index (χ1n) is 9.87. The third kappa shape index (κ3) is 8.53. The van der Waals surface area contributed by atoms with Gasteiger partial charge in [0.2, 0.25) is 0 Å². The average molecular weight is 504 g/mol. The van der Waals surface area contributed by atoms with Crippen LogP contribution in [-0.2, 0) is 11.3 Å². The molecule has 1 heterocycles. The molecule has 0 bridgehead atoms. The van der Waals surface area contributed by atoms with Crippen molar-refractivity contribution in [1.82, 2.24) is 15.5 Å². The third-order valence-corrected chi connectivity index (χ3v) is 4.65. The van der Waals surface area contributed by atoms with Gasteiger partial charge >= 0.3 is 0 Å². The van der Waals surface area contributed by atoms with E-state index in [0.29, 0.717) is 12.6 Å². The lowest BCUT2D eigenvalue weighted by Gasteiger charge is -2.25. The largest absolute Gasteiger partial charge is 0.488 e. The number of ether oxygens (including phenoxy) is 2. The Balaban J connectivity index is 0.00000392. The molecule has 1 fully saturated rings. The Morgan fingerprint density at radius 3 is 2.68 bits per heavy atom. The molecule has 0 saturated carbocycles. The zero-order valence-electron chi connectivity index (χ0n) is 18.0. The summed E-state index contributed by atoms with van der Waals surface area (Å²) >= 11 is 0. The number of nitrogens with zero attached hydrogens (tertiary/aromatic N) is 2. The van der Waals surface area contributed by atoms with E-state index in [1.54, 1.807) is 7.11 Å². The van der Waals surface area contributed by atoms with E-state index in [2.05, 4.69) is 47.4 Å². The van der Waals surface area contributed by atoms with Crippen LogP contribution in [0.15, 0.2) is 29.3 Å². The molecular weight excluding hydrogens is 467 g/mol. The van der Waals surface area contributed by atoms with Crippen LogP contribution in [0.1, 0.15) is 39.2 Å². The zero-order valence-corrected chi connectivity index (χ0v) is 20.3. The van der Waals surface area contributed by atoms with Gasteiger partial charge in [-0.25, -0.2) is 0 Å². The summed E-state index contributed by atoms with van der Waals surface area (Å²) < 4.78 is 11.3. The Labute approximate surface area is 187 Å². The molecule has 1 aromatic rings. The lowest BCUT2D eigenvalue weighted by Crippen LogP contribution is -2.45. The average Bonchev–Trinajstić information content (AvgIpc) is 3.07. The van der Waals surface area contributed by atoms with Crippen molar-refractivity contribution in [3.05, 3.63) is 29.8 Å². The Morgan fingerprint density at radius 2 is 2.00 bits per heavy atom. The van der Waals surface area contributed by atoms with E-state index in [-0.39, 0.29) is 29.6 Å². The highest BCUT2D eigenvalue weighted by molar-refractivity contribution is 14.0. The minimum atomic E-state index is -0.218. The highest BCUT2D eigenvalue weighted by Crippen LogP contribution is 2.22. The van der Waals surface area contributed by atoms with E-state index in [1.165, 1.54) is 12.8 Å². The second-order valence-electron chi connectivity index (χ2n) is 7.95. The van der Waals surface area contributed by atoms with Gasteiger partial charge in [-0.2, -0.15) is 0 Å². The second-order valence-corrected chi connectivity index (χ2v) is 7.95. The van der Waals surface area contributed by atoms with Crippen LogP contribution in [0.5, 0.6) is 5.75 Å². The third-order valence-electron chi connectivity index (χ3n) is 4.65. The molecule has 1 aromatic carbocycles. The van der Waals surface area contributed by atoms with Crippen LogP contribution in [0.3, 0.4) is 0 Å². The minimum absolute atomic E-state index is 0. The van der Waals surface area contributed by atoms with Crippen molar-refractivity contribution in [2.24, 2.45) is 4.99 Å². The smallest absolute Gasteiger partial charge is 0.191 e. The molecule has 0 spiro atoms. The topological polar surface area (TPSA) is 58.1 Å². The number of aliphatic imine (C=N–C) groups is 1. The summed E-state index contributed by atoms with van der Waals surface area (Å²) in [5, 5.41) is 6.88. The highest BCUT2D eigenvalue weighted by atomic mass is 127. The number of rotatable bonds is 8. The van der Waals surface area contributed by atoms with E-state index in [0.717, 1.165) is 43.5 Å². The van der Waals surface area contributed by atoms with Crippen LogP contribution >= 0.6 is 24.0 Å². The molecular formula is C21H37IN4O2. The van der Waals surface area contributed by atoms with Crippen molar-refractivity contribution in [3.63, 3.8) is 0 Å². The van der Waals surface area contributed by atoms with E-state index in [4.69, 9.17) is 9.47 Å². The lowest BCUT2D eigenvalue weighted by molar-refractivity contribution is 0.129. The van der Waals surface area contributed by atoms with Crippen molar-refractivity contribution >= 4 is 29.9 Å². The van der Waals surface area contributed by atoms with Gasteiger partial charge in [0, 0.05) is 45.4 Å². The standard InChI is InChI=1S/C21H36N4O2.HI/c1-21(2,3)27-19-11-7-6-9-17(19)15-23-20(22-4)24-16-18-10-8-12-25(18)13-14-26-5;/h6-7,9,11,18H,8,10,12-16H2,1-5H3,(H2,22,23,24);1H. The van der Waals surface area contributed by atoms with Gasteiger partial charge in [0.15, 0.2) is 5.96 Å². The first-order chi connectivity index (χ1) is 12.9. The molecule has 0 amide bonds. The number of para-hydroxylation sites is 1. The van der Waals surface area contributed by atoms with Gasteiger partial charge in [0.1, 0.15) is 11.4 Å². The number of guanidine groups is 1. The molecule has 2 N–H and O–H groups in total. The molecule has 6 nitrogen and oxygen atoms in total. The van der Waals surface area contributed by atoms with Gasteiger partial charge in [-0.1, -0.05) is 18.2 Å². The molecule has 0 aliphatic carbocycles. The number of methoxy groups -OCH3 is 1. The molecule has 160 valence electrons. The van der Waals surface area contributed by atoms with E-state index in [1.807, 2.05) is 25.2 Å². The maximum atomic E-state index is 6.07. The quantitative estimate of drug-likeness (QED) is 0.324. The fraction of sp³-hybridized carbons (Fsp3) is 0.667. The summed E-state index contributed by atoms with van der Waals surface area (Å²) in [5.74, 6) is 1.73. The minimum Gasteiger partial charge on any atom is -0.488 e. The summed E-state index contributed by atoms with van der Waals surface area (Å²) in [7, 11) is 3.57. The molecule has 0 radical (unpaired) electrons. The Morgan fingerprint density at radius 1 is 1.25 bits per heavy atom. The predicted molar refractivity (Wildman–Crippen MR) is 127 cm³/mol. The van der Waals surface area contributed by atoms with Crippen LogP contribution in [-0.4, -0.2) is 62.9 Å². The Hall–Kier alpha value is -1.06. The number of hydrogen-bond donors (Lipinski definition) is 2. The van der Waals surface area contributed by atoms with E-state index < -0.39 is 0 Å². The van der Waals surface area contributed by atoms with Gasteiger partial charge in [-0.15, -0.1) is 24.0 Å². The van der Waals surface area contributed by atoms with Gasteiger partial charge in [-0.3, -0.25) is 9.89 Å². The molecule has 1 unspecified atom stereocenters. The summed E-state index contributed by atoms with van der Waals surface area (Å²) in [5.41, 5.74) is 0.905. The van der Waals surface area contributed by atoms with Crippen LogP contribution in [0.25, 0.3) is 0 Å².